The zero-order valence-electron chi connectivity index (χ0n) is 17.3. The Hall–Kier alpha value is -3.55. The molecule has 1 saturated heterocycles. The second-order valence-corrected chi connectivity index (χ2v) is 7.31. The molecule has 0 aromatic heterocycles. The normalized spacial score (nSPS) is 13.5. The highest BCUT2D eigenvalue weighted by Crippen LogP contribution is 2.18. The molecule has 164 valence electrons. The molecule has 2 aromatic rings. The molecule has 8 heteroatoms. The number of piperazine rings is 1. The predicted molar refractivity (Wildman–Crippen MR) is 116 cm³/mol. The average Bonchev–Trinajstić information content (AvgIpc) is 2.78. The van der Waals surface area contributed by atoms with Crippen LogP contribution >= 0.6 is 0 Å². The van der Waals surface area contributed by atoms with Crippen molar-refractivity contribution in [2.24, 2.45) is 0 Å². The van der Waals surface area contributed by atoms with Crippen molar-refractivity contribution in [3.8, 4) is 5.75 Å². The van der Waals surface area contributed by atoms with Crippen molar-refractivity contribution in [2.75, 3.05) is 44.2 Å². The van der Waals surface area contributed by atoms with Crippen LogP contribution in [0.25, 0.3) is 0 Å². The number of aliphatic carboxylic acids is 1. The third-order valence-corrected chi connectivity index (χ3v) is 5.06. The van der Waals surface area contributed by atoms with Gasteiger partial charge in [-0.1, -0.05) is 30.3 Å². The molecule has 0 bridgehead atoms. The molecule has 1 aliphatic heterocycles. The molecule has 3 rings (SSSR count). The second kappa shape index (κ2) is 11.0. The lowest BCUT2D eigenvalue weighted by atomic mass is 10.1. The first-order valence-electron chi connectivity index (χ1n) is 10.3. The van der Waals surface area contributed by atoms with Crippen LogP contribution in [0.4, 0.5) is 5.69 Å². The van der Waals surface area contributed by atoms with Crippen LogP contribution in [-0.4, -0.2) is 67.1 Å². The Kier molecular flexibility index (Phi) is 7.86. The predicted octanol–water partition coefficient (Wildman–Crippen LogP) is 1.55. The summed E-state index contributed by atoms with van der Waals surface area (Å²) in [5, 5.41) is 11.6. The second-order valence-electron chi connectivity index (χ2n) is 7.31. The largest absolute Gasteiger partial charge is 0.484 e. The Morgan fingerprint density at radius 2 is 1.61 bits per heavy atom. The van der Waals surface area contributed by atoms with Gasteiger partial charge in [-0.15, -0.1) is 0 Å². The number of ether oxygens (including phenoxy) is 1. The molecule has 8 nitrogen and oxygen atoms in total. The summed E-state index contributed by atoms with van der Waals surface area (Å²) in [6, 6.07) is 16.6. The van der Waals surface area contributed by atoms with Gasteiger partial charge in [0.25, 0.3) is 5.91 Å². The number of carbonyl (C=O) groups excluding carboxylic acids is 2. The van der Waals surface area contributed by atoms with E-state index in [1.54, 1.807) is 12.1 Å². The van der Waals surface area contributed by atoms with Crippen molar-refractivity contribution >= 4 is 23.5 Å². The summed E-state index contributed by atoms with van der Waals surface area (Å²) >= 11 is 0. The number of anilines is 1. The fraction of sp³-hybridized carbons (Fsp3) is 0.348. The molecule has 1 heterocycles. The maximum atomic E-state index is 12.4. The van der Waals surface area contributed by atoms with Gasteiger partial charge in [-0.25, -0.2) is 0 Å². The summed E-state index contributed by atoms with van der Waals surface area (Å²) in [7, 11) is 0. The van der Waals surface area contributed by atoms with E-state index < -0.39 is 5.97 Å². The Bertz CT molecular complexity index is 878. The molecule has 0 radical (unpaired) electrons. The number of nitrogens with zero attached hydrogens (tertiary/aromatic N) is 2. The summed E-state index contributed by atoms with van der Waals surface area (Å²) in [5.41, 5.74) is 1.79. The highest BCUT2D eigenvalue weighted by atomic mass is 16.5. The van der Waals surface area contributed by atoms with Crippen LogP contribution in [0.2, 0.25) is 0 Å². The molecule has 1 fully saturated rings. The van der Waals surface area contributed by atoms with Crippen LogP contribution in [0.3, 0.4) is 0 Å². The molecule has 2 amide bonds. The summed E-state index contributed by atoms with van der Waals surface area (Å²) in [5.74, 6) is -0.462. The van der Waals surface area contributed by atoms with Crippen molar-refractivity contribution in [3.63, 3.8) is 0 Å². The molecule has 2 aromatic carbocycles. The van der Waals surface area contributed by atoms with Crippen molar-refractivity contribution in [1.82, 2.24) is 10.2 Å². The minimum absolute atomic E-state index is 0.0114. The summed E-state index contributed by atoms with van der Waals surface area (Å²) in [6.07, 6.45) is 0.262. The van der Waals surface area contributed by atoms with E-state index in [0.717, 1.165) is 11.3 Å². The van der Waals surface area contributed by atoms with Gasteiger partial charge in [0.2, 0.25) is 5.91 Å². The number of carboxylic acid groups (broad SMARTS) is 1. The first-order valence-corrected chi connectivity index (χ1v) is 10.3. The van der Waals surface area contributed by atoms with Gasteiger partial charge in [0.05, 0.1) is 6.42 Å². The van der Waals surface area contributed by atoms with Crippen LogP contribution in [0.1, 0.15) is 12.0 Å². The third-order valence-electron chi connectivity index (χ3n) is 5.06. The molecule has 0 aliphatic carbocycles. The zero-order chi connectivity index (χ0) is 22.1. The molecular formula is C23H27N3O5. The molecule has 2 N–H and O–H groups in total. The maximum absolute atomic E-state index is 12.4. The highest BCUT2D eigenvalue weighted by Gasteiger charge is 2.21. The van der Waals surface area contributed by atoms with Crippen molar-refractivity contribution < 1.29 is 24.2 Å². The van der Waals surface area contributed by atoms with Crippen LogP contribution in [-0.2, 0) is 20.8 Å². The first-order chi connectivity index (χ1) is 15.0. The van der Waals surface area contributed by atoms with Gasteiger partial charge in [0, 0.05) is 44.8 Å². The van der Waals surface area contributed by atoms with E-state index in [-0.39, 0.29) is 37.8 Å². The smallest absolute Gasteiger partial charge is 0.307 e. The Balaban J connectivity index is 1.34. The van der Waals surface area contributed by atoms with Gasteiger partial charge < -0.3 is 25.0 Å². The van der Waals surface area contributed by atoms with E-state index >= 15 is 0 Å². The van der Waals surface area contributed by atoms with Gasteiger partial charge >= 0.3 is 5.97 Å². The summed E-state index contributed by atoms with van der Waals surface area (Å²) in [4.78, 5) is 39.0. The monoisotopic (exact) mass is 425 g/mol. The summed E-state index contributed by atoms with van der Waals surface area (Å²) < 4.78 is 5.38. The van der Waals surface area contributed by atoms with Crippen LogP contribution in [0.5, 0.6) is 5.75 Å². The van der Waals surface area contributed by atoms with E-state index in [4.69, 9.17) is 9.84 Å². The van der Waals surface area contributed by atoms with Gasteiger partial charge in [-0.05, 0) is 29.8 Å². The van der Waals surface area contributed by atoms with Crippen LogP contribution in [0.15, 0.2) is 54.6 Å². The Morgan fingerprint density at radius 3 is 2.26 bits per heavy atom. The fourth-order valence-corrected chi connectivity index (χ4v) is 3.40. The van der Waals surface area contributed by atoms with Gasteiger partial charge in [-0.2, -0.15) is 0 Å². The van der Waals surface area contributed by atoms with Crippen molar-refractivity contribution in [2.45, 2.75) is 12.8 Å². The lowest BCUT2D eigenvalue weighted by Crippen LogP contribution is -2.49. The van der Waals surface area contributed by atoms with Crippen molar-refractivity contribution in [1.29, 1.82) is 0 Å². The Morgan fingerprint density at radius 1 is 0.935 bits per heavy atom. The quantitative estimate of drug-likeness (QED) is 0.633. The highest BCUT2D eigenvalue weighted by molar-refractivity contribution is 5.80. The van der Waals surface area contributed by atoms with E-state index in [1.807, 2.05) is 47.4 Å². The lowest BCUT2D eigenvalue weighted by Gasteiger charge is -2.36. The number of benzene rings is 2. The van der Waals surface area contributed by atoms with E-state index in [9.17, 15) is 14.4 Å². The topological polar surface area (TPSA) is 99.2 Å². The third kappa shape index (κ3) is 7.02. The maximum Gasteiger partial charge on any atom is 0.307 e. The fourth-order valence-electron chi connectivity index (χ4n) is 3.40. The van der Waals surface area contributed by atoms with E-state index in [0.29, 0.717) is 31.9 Å². The number of carbonyl (C=O) groups is 3. The lowest BCUT2D eigenvalue weighted by molar-refractivity contribution is -0.136. The molecule has 0 spiro atoms. The van der Waals surface area contributed by atoms with Gasteiger partial charge in [-0.3, -0.25) is 14.4 Å². The van der Waals surface area contributed by atoms with Crippen LogP contribution in [0, 0.1) is 0 Å². The molecule has 0 unspecified atom stereocenters. The number of amides is 2. The average molecular weight is 425 g/mol. The molecule has 0 saturated carbocycles. The standard InChI is InChI=1S/C23H27N3O5/c27-21(17-31-20-4-2-1-3-5-20)24-11-10-22(28)26-14-12-25(13-15-26)19-8-6-18(7-9-19)16-23(29)30/h1-9H,10-17H2,(H,24,27)(H,29,30). The minimum atomic E-state index is -0.847. The molecule has 1 aliphatic rings. The van der Waals surface area contributed by atoms with E-state index in [2.05, 4.69) is 10.2 Å². The zero-order valence-corrected chi connectivity index (χ0v) is 17.3. The number of rotatable bonds is 9. The molecular weight excluding hydrogens is 398 g/mol. The van der Waals surface area contributed by atoms with Gasteiger partial charge in [0.1, 0.15) is 5.75 Å². The number of carboxylic acids is 1. The summed E-state index contributed by atoms with van der Waals surface area (Å²) in [6.45, 7) is 2.84. The SMILES string of the molecule is O=C(O)Cc1ccc(N2CCN(C(=O)CCNC(=O)COc3ccccc3)CC2)cc1. The number of nitrogens with one attached hydrogen (secondary N) is 1. The number of para-hydroxylation sites is 1. The minimum Gasteiger partial charge on any atom is -0.484 e. The molecule has 31 heavy (non-hydrogen) atoms. The molecule has 0 atom stereocenters. The van der Waals surface area contributed by atoms with E-state index in [1.165, 1.54) is 0 Å². The van der Waals surface area contributed by atoms with Gasteiger partial charge in [0.15, 0.2) is 6.61 Å². The number of hydrogen-bond acceptors (Lipinski definition) is 5. The Labute approximate surface area is 181 Å². The number of hydrogen-bond donors (Lipinski definition) is 2. The van der Waals surface area contributed by atoms with Crippen LogP contribution < -0.4 is 15.0 Å². The first kappa shape index (κ1) is 22.1. The van der Waals surface area contributed by atoms with Crippen molar-refractivity contribution in [3.05, 3.63) is 60.2 Å².